The van der Waals surface area contributed by atoms with Gasteiger partial charge in [-0.15, -0.1) is 5.10 Å². The van der Waals surface area contributed by atoms with E-state index in [-0.39, 0.29) is 0 Å². The highest BCUT2D eigenvalue weighted by Crippen LogP contribution is 2.12. The quantitative estimate of drug-likeness (QED) is 0.747. The van der Waals surface area contributed by atoms with Crippen LogP contribution in [0.1, 0.15) is 5.69 Å². The fourth-order valence-corrected chi connectivity index (χ4v) is 2.10. The van der Waals surface area contributed by atoms with Crippen LogP contribution in [0, 0.1) is 0 Å². The maximum absolute atomic E-state index is 4.92. The number of aromatic nitrogens is 4. The van der Waals surface area contributed by atoms with Crippen molar-refractivity contribution in [1.29, 1.82) is 0 Å². The summed E-state index contributed by atoms with van der Waals surface area (Å²) >= 11 is 4.92. The number of methoxy groups -OCH3 is 1. The summed E-state index contributed by atoms with van der Waals surface area (Å²) in [4.78, 5) is 0. The van der Waals surface area contributed by atoms with E-state index in [0.717, 1.165) is 17.1 Å². The lowest BCUT2D eigenvalue weighted by molar-refractivity contribution is 0.392. The highest BCUT2D eigenvalue weighted by Gasteiger charge is 2.04. The number of rotatable bonds is 4. The van der Waals surface area contributed by atoms with Crippen molar-refractivity contribution in [3.63, 3.8) is 0 Å². The van der Waals surface area contributed by atoms with Gasteiger partial charge >= 0.3 is 0 Å². The van der Waals surface area contributed by atoms with Gasteiger partial charge in [0.05, 0.1) is 25.5 Å². The van der Waals surface area contributed by atoms with Crippen LogP contribution < -0.4 is 5.32 Å². The van der Waals surface area contributed by atoms with E-state index in [2.05, 4.69) is 15.6 Å². The Morgan fingerprint density at radius 3 is 2.55 bits per heavy atom. The summed E-state index contributed by atoms with van der Waals surface area (Å²) in [6.07, 6.45) is 5.87. The van der Waals surface area contributed by atoms with Crippen molar-refractivity contribution in [2.45, 2.75) is 6.54 Å². The third-order valence-corrected chi connectivity index (χ3v) is 3.47. The fourth-order valence-electron chi connectivity index (χ4n) is 2.02. The zero-order chi connectivity index (χ0) is 15.4. The Balaban J connectivity index is 1.72. The number of hydrogen-bond acceptors (Lipinski definition) is 4. The number of benzene rings is 1. The zero-order valence-electron chi connectivity index (χ0n) is 12.0. The van der Waals surface area contributed by atoms with Gasteiger partial charge in [-0.05, 0) is 48.6 Å². The van der Waals surface area contributed by atoms with E-state index in [1.165, 1.54) is 7.11 Å². The smallest absolute Gasteiger partial charge is 0.256 e. The molecular weight excluding hydrogens is 298 g/mol. The summed E-state index contributed by atoms with van der Waals surface area (Å²) < 4.78 is 8.65. The van der Waals surface area contributed by atoms with Crippen molar-refractivity contribution in [1.82, 2.24) is 24.9 Å². The summed E-state index contributed by atoms with van der Waals surface area (Å²) in [6.45, 7) is 0.480. The van der Waals surface area contributed by atoms with Gasteiger partial charge < -0.3 is 14.6 Å². The molecule has 1 N–H and O–H groups in total. The van der Waals surface area contributed by atoms with Crippen LogP contribution in [0.4, 0.5) is 0 Å². The molecule has 3 rings (SSSR count). The molecule has 22 heavy (non-hydrogen) atoms. The van der Waals surface area contributed by atoms with Crippen LogP contribution in [0.3, 0.4) is 0 Å². The summed E-state index contributed by atoms with van der Waals surface area (Å²) in [5.74, 6) is 0. The monoisotopic (exact) mass is 313 g/mol. The van der Waals surface area contributed by atoms with E-state index in [1.54, 1.807) is 4.68 Å². The van der Waals surface area contributed by atoms with Crippen molar-refractivity contribution in [3.8, 4) is 11.4 Å². The van der Waals surface area contributed by atoms with E-state index in [9.17, 15) is 0 Å². The molecule has 0 bridgehead atoms. The van der Waals surface area contributed by atoms with Gasteiger partial charge in [0.15, 0.2) is 0 Å². The molecule has 0 aliphatic carbocycles. The van der Waals surface area contributed by atoms with Gasteiger partial charge in [-0.2, -0.15) is 0 Å². The summed E-state index contributed by atoms with van der Waals surface area (Å²) in [5, 5.41) is 11.5. The lowest BCUT2D eigenvalue weighted by Gasteiger charge is -2.05. The molecule has 0 saturated heterocycles. The van der Waals surface area contributed by atoms with Gasteiger partial charge in [0.25, 0.3) is 5.17 Å². The summed E-state index contributed by atoms with van der Waals surface area (Å²) in [6, 6.07) is 12.1. The summed E-state index contributed by atoms with van der Waals surface area (Å²) in [7, 11) is 1.53. The predicted octanol–water partition coefficient (Wildman–Crippen LogP) is 2.08. The lowest BCUT2D eigenvalue weighted by Crippen LogP contribution is -2.22. The molecule has 1 aromatic carbocycles. The van der Waals surface area contributed by atoms with Gasteiger partial charge in [-0.3, -0.25) is 0 Å². The van der Waals surface area contributed by atoms with Crippen molar-refractivity contribution >= 4 is 17.4 Å². The van der Waals surface area contributed by atoms with E-state index >= 15 is 0 Å². The minimum absolute atomic E-state index is 0.339. The SMILES string of the molecule is COC(=S)NCc1cn(-c2ccc(-n3cccc3)cc2)nn1. The van der Waals surface area contributed by atoms with Crippen molar-refractivity contribution in [2.24, 2.45) is 0 Å². The van der Waals surface area contributed by atoms with Crippen LogP contribution in [0.5, 0.6) is 0 Å². The van der Waals surface area contributed by atoms with Gasteiger partial charge in [-0.1, -0.05) is 5.21 Å². The zero-order valence-corrected chi connectivity index (χ0v) is 12.8. The standard InChI is InChI=1S/C15H15N5OS/c1-21-15(22)16-10-12-11-20(18-17-12)14-6-4-13(5-7-14)19-8-2-3-9-19/h2-9,11H,10H2,1H3,(H,16,22). The second kappa shape index (κ2) is 6.40. The van der Waals surface area contributed by atoms with E-state index in [4.69, 9.17) is 17.0 Å². The van der Waals surface area contributed by atoms with Crippen LogP contribution in [-0.2, 0) is 11.3 Å². The Bertz CT molecular complexity index is 749. The molecule has 7 heteroatoms. The number of ether oxygens (including phenoxy) is 1. The molecule has 0 aliphatic rings. The first-order chi connectivity index (χ1) is 10.8. The van der Waals surface area contributed by atoms with E-state index in [0.29, 0.717) is 11.7 Å². The molecule has 0 unspecified atom stereocenters. The molecule has 0 spiro atoms. The minimum Gasteiger partial charge on any atom is -0.474 e. The van der Waals surface area contributed by atoms with Crippen molar-refractivity contribution < 1.29 is 4.74 Å². The predicted molar refractivity (Wildman–Crippen MR) is 87.1 cm³/mol. The maximum atomic E-state index is 4.92. The fraction of sp³-hybridized carbons (Fsp3) is 0.133. The molecule has 0 aliphatic heterocycles. The van der Waals surface area contributed by atoms with Gasteiger partial charge in [0, 0.05) is 18.1 Å². The molecule has 0 saturated carbocycles. The molecular formula is C15H15N5OS. The third kappa shape index (κ3) is 3.15. The number of hydrogen-bond donors (Lipinski definition) is 1. The average molecular weight is 313 g/mol. The third-order valence-electron chi connectivity index (χ3n) is 3.16. The van der Waals surface area contributed by atoms with Gasteiger partial charge in [-0.25, -0.2) is 4.68 Å². The first kappa shape index (κ1) is 14.3. The van der Waals surface area contributed by atoms with Gasteiger partial charge in [0.2, 0.25) is 0 Å². The second-order valence-corrected chi connectivity index (χ2v) is 4.98. The highest BCUT2D eigenvalue weighted by molar-refractivity contribution is 7.80. The molecule has 2 heterocycles. The molecule has 3 aromatic rings. The van der Waals surface area contributed by atoms with Crippen LogP contribution in [0.25, 0.3) is 11.4 Å². The largest absolute Gasteiger partial charge is 0.474 e. The number of nitrogens with one attached hydrogen (secondary N) is 1. The van der Waals surface area contributed by atoms with Crippen LogP contribution in [-0.4, -0.2) is 31.8 Å². The number of thiocarbonyl (C=S) groups is 1. The normalized spacial score (nSPS) is 10.4. The minimum atomic E-state index is 0.339. The Kier molecular flexibility index (Phi) is 4.15. The van der Waals surface area contributed by atoms with Crippen LogP contribution in [0.15, 0.2) is 55.0 Å². The van der Waals surface area contributed by atoms with E-state index in [1.807, 2.05) is 59.6 Å². The molecule has 112 valence electrons. The van der Waals surface area contributed by atoms with Crippen molar-refractivity contribution in [2.75, 3.05) is 7.11 Å². The highest BCUT2D eigenvalue weighted by atomic mass is 32.1. The lowest BCUT2D eigenvalue weighted by atomic mass is 10.3. The Morgan fingerprint density at radius 2 is 1.86 bits per heavy atom. The molecule has 2 aromatic heterocycles. The molecule has 0 amide bonds. The Labute approximate surface area is 133 Å². The Morgan fingerprint density at radius 1 is 1.18 bits per heavy atom. The second-order valence-electron chi connectivity index (χ2n) is 4.61. The Hall–Kier alpha value is -2.67. The molecule has 0 radical (unpaired) electrons. The van der Waals surface area contributed by atoms with Crippen molar-refractivity contribution in [3.05, 3.63) is 60.7 Å². The van der Waals surface area contributed by atoms with Gasteiger partial charge in [0.1, 0.15) is 5.69 Å². The van der Waals surface area contributed by atoms with Crippen LogP contribution in [0.2, 0.25) is 0 Å². The topological polar surface area (TPSA) is 56.9 Å². The number of nitrogens with zero attached hydrogens (tertiary/aromatic N) is 4. The molecule has 0 atom stereocenters. The van der Waals surface area contributed by atoms with Crippen LogP contribution >= 0.6 is 12.2 Å². The first-order valence-corrected chi connectivity index (χ1v) is 7.14. The average Bonchev–Trinajstić information content (AvgIpc) is 3.24. The summed E-state index contributed by atoms with van der Waals surface area (Å²) in [5.41, 5.74) is 2.83. The van der Waals surface area contributed by atoms with E-state index < -0.39 is 0 Å². The maximum Gasteiger partial charge on any atom is 0.256 e. The molecule has 0 fully saturated rings. The molecule has 6 nitrogen and oxygen atoms in total. The first-order valence-electron chi connectivity index (χ1n) is 6.73.